The van der Waals surface area contributed by atoms with Crippen molar-refractivity contribution < 1.29 is 14.3 Å². The number of carbonyl (C=O) groups excluding carboxylic acids is 2. The lowest BCUT2D eigenvalue weighted by Gasteiger charge is -2.22. The zero-order valence-electron chi connectivity index (χ0n) is 12.9. The first-order valence-electron chi connectivity index (χ1n) is 7.95. The first kappa shape index (κ1) is 15.9. The van der Waals surface area contributed by atoms with E-state index >= 15 is 0 Å². The molecule has 1 N–H and O–H groups in total. The Morgan fingerprint density at radius 1 is 1.24 bits per heavy atom. The van der Waals surface area contributed by atoms with Crippen LogP contribution in [0.4, 0.5) is 4.79 Å². The predicted octanol–water partition coefficient (Wildman–Crippen LogP) is 2.33. The van der Waals surface area contributed by atoms with Crippen molar-refractivity contribution in [2.45, 2.75) is 39.0 Å². The average Bonchev–Trinajstić information content (AvgIpc) is 2.94. The molecule has 2 atom stereocenters. The second-order valence-corrected chi connectivity index (χ2v) is 6.14. The molecule has 1 aliphatic heterocycles. The Bertz CT molecular complexity index is 394. The molecule has 2 fully saturated rings. The minimum Gasteiger partial charge on any atom is -0.445 e. The average molecular weight is 294 g/mol. The summed E-state index contributed by atoms with van der Waals surface area (Å²) in [5.41, 5.74) is 0.861. The van der Waals surface area contributed by atoms with Gasteiger partial charge in [0.05, 0.1) is 0 Å². The zero-order valence-corrected chi connectivity index (χ0v) is 12.9. The molecule has 1 aliphatic carbocycles. The van der Waals surface area contributed by atoms with Crippen LogP contribution in [0.25, 0.3) is 0 Å². The minimum absolute atomic E-state index is 0.00401. The van der Waals surface area contributed by atoms with Crippen molar-refractivity contribution in [2.24, 2.45) is 11.8 Å². The number of ether oxygens (including phenoxy) is 1. The molecule has 2 aliphatic rings. The maximum atomic E-state index is 12.1. The molecule has 2 unspecified atom stereocenters. The van der Waals surface area contributed by atoms with Gasteiger partial charge in [-0.1, -0.05) is 26.3 Å². The quantitative estimate of drug-likeness (QED) is 0.792. The van der Waals surface area contributed by atoms with E-state index in [2.05, 4.69) is 11.9 Å². The lowest BCUT2D eigenvalue weighted by atomic mass is 9.82. The highest BCUT2D eigenvalue weighted by atomic mass is 16.5. The molecule has 1 heterocycles. The second kappa shape index (κ2) is 7.48. The van der Waals surface area contributed by atoms with Crippen LogP contribution < -0.4 is 5.32 Å². The fourth-order valence-corrected chi connectivity index (χ4v) is 3.19. The van der Waals surface area contributed by atoms with Crippen molar-refractivity contribution in [1.82, 2.24) is 10.2 Å². The molecule has 2 rings (SSSR count). The Balaban J connectivity index is 1.67. The summed E-state index contributed by atoms with van der Waals surface area (Å²) in [6, 6.07) is 0. The summed E-state index contributed by atoms with van der Waals surface area (Å²) in [4.78, 5) is 25.5. The van der Waals surface area contributed by atoms with Crippen molar-refractivity contribution >= 4 is 12.0 Å². The summed E-state index contributed by atoms with van der Waals surface area (Å²) in [5.74, 6) is 1.33. The van der Waals surface area contributed by atoms with Gasteiger partial charge in [0.1, 0.15) is 13.2 Å². The SMILES string of the molecule is C=C(CC)COC(=O)NCC(=O)N1CC2CCCCC2C1. The molecule has 1 saturated heterocycles. The molecule has 0 aromatic rings. The van der Waals surface area contributed by atoms with Gasteiger partial charge in [-0.15, -0.1) is 0 Å². The van der Waals surface area contributed by atoms with Crippen LogP contribution in [0.2, 0.25) is 0 Å². The van der Waals surface area contributed by atoms with Crippen LogP contribution in [-0.4, -0.2) is 43.1 Å². The number of rotatable bonds is 5. The lowest BCUT2D eigenvalue weighted by molar-refractivity contribution is -0.129. The van der Waals surface area contributed by atoms with Crippen molar-refractivity contribution in [3.8, 4) is 0 Å². The van der Waals surface area contributed by atoms with Gasteiger partial charge in [0.2, 0.25) is 5.91 Å². The molecule has 5 nitrogen and oxygen atoms in total. The third-order valence-electron chi connectivity index (χ3n) is 4.62. The second-order valence-electron chi connectivity index (χ2n) is 6.14. The van der Waals surface area contributed by atoms with E-state index in [1.165, 1.54) is 25.7 Å². The van der Waals surface area contributed by atoms with Gasteiger partial charge in [0.25, 0.3) is 0 Å². The van der Waals surface area contributed by atoms with Crippen molar-refractivity contribution in [1.29, 1.82) is 0 Å². The van der Waals surface area contributed by atoms with Gasteiger partial charge in [0, 0.05) is 13.1 Å². The van der Waals surface area contributed by atoms with E-state index in [9.17, 15) is 9.59 Å². The Kier molecular flexibility index (Phi) is 5.65. The van der Waals surface area contributed by atoms with Crippen LogP contribution in [0.3, 0.4) is 0 Å². The number of nitrogens with one attached hydrogen (secondary N) is 1. The molecule has 1 saturated carbocycles. The van der Waals surface area contributed by atoms with Crippen LogP contribution in [0.15, 0.2) is 12.2 Å². The van der Waals surface area contributed by atoms with Crippen LogP contribution in [0, 0.1) is 11.8 Å². The van der Waals surface area contributed by atoms with Crippen LogP contribution >= 0.6 is 0 Å². The minimum atomic E-state index is -0.547. The van der Waals surface area contributed by atoms with Gasteiger partial charge in [-0.25, -0.2) is 4.79 Å². The summed E-state index contributed by atoms with van der Waals surface area (Å²) in [7, 11) is 0. The largest absolute Gasteiger partial charge is 0.445 e. The van der Waals surface area contributed by atoms with Crippen molar-refractivity contribution in [3.63, 3.8) is 0 Å². The number of hydrogen-bond acceptors (Lipinski definition) is 3. The first-order chi connectivity index (χ1) is 10.1. The molecule has 0 radical (unpaired) electrons. The number of likely N-dealkylation sites (tertiary alicyclic amines) is 1. The molecule has 118 valence electrons. The van der Waals surface area contributed by atoms with Crippen molar-refractivity contribution in [3.05, 3.63) is 12.2 Å². The normalized spacial score (nSPS) is 24.3. The molecule has 0 spiro atoms. The fraction of sp³-hybridized carbons (Fsp3) is 0.750. The number of hydrogen-bond donors (Lipinski definition) is 1. The number of nitrogens with zero attached hydrogens (tertiary/aromatic N) is 1. The molecule has 21 heavy (non-hydrogen) atoms. The first-order valence-corrected chi connectivity index (χ1v) is 7.95. The van der Waals surface area contributed by atoms with Crippen LogP contribution in [0.5, 0.6) is 0 Å². The van der Waals surface area contributed by atoms with E-state index in [0.29, 0.717) is 11.8 Å². The Hall–Kier alpha value is -1.52. The predicted molar refractivity (Wildman–Crippen MR) is 80.8 cm³/mol. The monoisotopic (exact) mass is 294 g/mol. The van der Waals surface area contributed by atoms with Gasteiger partial charge in [-0.2, -0.15) is 0 Å². The highest BCUT2D eigenvalue weighted by Crippen LogP contribution is 2.35. The number of fused-ring (bicyclic) bond motifs is 1. The van der Waals surface area contributed by atoms with Gasteiger partial charge in [-0.3, -0.25) is 4.79 Å². The highest BCUT2D eigenvalue weighted by Gasteiger charge is 2.36. The van der Waals surface area contributed by atoms with Crippen LogP contribution in [0.1, 0.15) is 39.0 Å². The van der Waals surface area contributed by atoms with E-state index in [1.54, 1.807) is 0 Å². The Morgan fingerprint density at radius 2 is 1.86 bits per heavy atom. The molecule has 5 heteroatoms. The lowest BCUT2D eigenvalue weighted by Crippen LogP contribution is -2.39. The van der Waals surface area contributed by atoms with Crippen LogP contribution in [-0.2, 0) is 9.53 Å². The molecule has 0 aromatic carbocycles. The van der Waals surface area contributed by atoms with Gasteiger partial charge in [0.15, 0.2) is 0 Å². The van der Waals surface area contributed by atoms with E-state index in [4.69, 9.17) is 4.74 Å². The highest BCUT2D eigenvalue weighted by molar-refractivity contribution is 5.82. The molecule has 0 aromatic heterocycles. The maximum absolute atomic E-state index is 12.1. The van der Waals surface area contributed by atoms with Gasteiger partial charge in [-0.05, 0) is 36.7 Å². The topological polar surface area (TPSA) is 58.6 Å². The molecular weight excluding hydrogens is 268 g/mol. The number of alkyl carbamates (subject to hydrolysis) is 1. The zero-order chi connectivity index (χ0) is 15.2. The summed E-state index contributed by atoms with van der Waals surface area (Å²) in [6.45, 7) is 7.67. The summed E-state index contributed by atoms with van der Waals surface area (Å²) in [5, 5.41) is 2.53. The summed E-state index contributed by atoms with van der Waals surface area (Å²) < 4.78 is 4.98. The van der Waals surface area contributed by atoms with E-state index in [0.717, 1.165) is 25.1 Å². The molecule has 2 amide bonds. The van der Waals surface area contributed by atoms with E-state index < -0.39 is 6.09 Å². The Morgan fingerprint density at radius 3 is 2.43 bits per heavy atom. The van der Waals surface area contributed by atoms with Gasteiger partial charge >= 0.3 is 6.09 Å². The van der Waals surface area contributed by atoms with Crippen molar-refractivity contribution in [2.75, 3.05) is 26.2 Å². The summed E-state index contributed by atoms with van der Waals surface area (Å²) in [6.07, 6.45) is 5.29. The number of carbonyl (C=O) groups is 2. The fourth-order valence-electron chi connectivity index (χ4n) is 3.19. The van der Waals surface area contributed by atoms with E-state index in [-0.39, 0.29) is 19.1 Å². The molecular formula is C16H26N2O3. The maximum Gasteiger partial charge on any atom is 0.407 e. The number of amides is 2. The third kappa shape index (κ3) is 4.48. The van der Waals surface area contributed by atoms with E-state index in [1.807, 2.05) is 11.8 Å². The standard InChI is InChI=1S/C16H26N2O3/c1-3-12(2)11-21-16(20)17-8-15(19)18-9-13-6-4-5-7-14(13)10-18/h13-14H,2-11H2,1H3,(H,17,20). The molecule has 0 bridgehead atoms. The Labute approximate surface area is 126 Å². The summed E-state index contributed by atoms with van der Waals surface area (Å²) >= 11 is 0. The van der Waals surface area contributed by atoms with Gasteiger partial charge < -0.3 is 15.0 Å². The smallest absolute Gasteiger partial charge is 0.407 e. The third-order valence-corrected chi connectivity index (χ3v) is 4.62.